The summed E-state index contributed by atoms with van der Waals surface area (Å²) in [6, 6.07) is 12.4. The van der Waals surface area contributed by atoms with E-state index in [0.29, 0.717) is 37.3 Å². The fourth-order valence-corrected chi connectivity index (χ4v) is 8.91. The van der Waals surface area contributed by atoms with E-state index in [1.54, 1.807) is 0 Å². The molecule has 3 aromatic rings. The molecule has 288 valence electrons. The maximum absolute atomic E-state index is 13.2. The van der Waals surface area contributed by atoms with Gasteiger partial charge in [-0.05, 0) is 122 Å². The highest BCUT2D eigenvalue weighted by Crippen LogP contribution is 2.61. The molecule has 54 heavy (non-hydrogen) atoms. The van der Waals surface area contributed by atoms with Gasteiger partial charge < -0.3 is 34.8 Å². The normalized spacial score (nSPS) is 31.6. The number of rotatable bonds is 8. The van der Waals surface area contributed by atoms with Crippen molar-refractivity contribution in [2.45, 2.75) is 108 Å². The molecule has 0 unspecified atom stereocenters. The molecule has 10 atom stereocenters. The number of alkyl halides is 3. The third-order valence-electron chi connectivity index (χ3n) is 11.9. The molecule has 1 aliphatic heterocycles. The summed E-state index contributed by atoms with van der Waals surface area (Å²) in [6.45, 7) is 4.58. The van der Waals surface area contributed by atoms with Gasteiger partial charge in [-0.1, -0.05) is 25.0 Å². The van der Waals surface area contributed by atoms with Gasteiger partial charge in [0.2, 0.25) is 5.88 Å². The summed E-state index contributed by atoms with van der Waals surface area (Å²) in [5.74, 6) is 7.22. The summed E-state index contributed by atoms with van der Waals surface area (Å²) in [7, 11) is 0. The van der Waals surface area contributed by atoms with Gasteiger partial charge in [0.1, 0.15) is 29.3 Å². The van der Waals surface area contributed by atoms with Crippen LogP contribution in [0.1, 0.15) is 91.3 Å². The van der Waals surface area contributed by atoms with Crippen LogP contribution < -0.4 is 14.8 Å². The molecule has 0 spiro atoms. The highest BCUT2D eigenvalue weighted by Gasteiger charge is 2.54. The van der Waals surface area contributed by atoms with Crippen LogP contribution in [-0.2, 0) is 17.3 Å². The molecule has 7 rings (SSSR count). The van der Waals surface area contributed by atoms with Crippen LogP contribution in [0.5, 0.6) is 11.6 Å². The number of hydrogen-bond acceptors (Lipinski definition) is 10. The van der Waals surface area contributed by atoms with E-state index >= 15 is 0 Å². The molecule has 0 radical (unpaired) electrons. The number of benzene rings is 1. The van der Waals surface area contributed by atoms with Crippen molar-refractivity contribution in [1.82, 2.24) is 20.5 Å². The lowest BCUT2D eigenvalue weighted by Crippen LogP contribution is -2.58. The van der Waals surface area contributed by atoms with Gasteiger partial charge in [-0.25, -0.2) is 4.98 Å². The number of amides is 1. The highest BCUT2D eigenvalue weighted by molar-refractivity contribution is 5.92. The van der Waals surface area contributed by atoms with Crippen molar-refractivity contribution in [3.8, 4) is 23.5 Å². The molecule has 1 aromatic carbocycles. The second-order valence-corrected chi connectivity index (χ2v) is 15.1. The number of pyridine rings is 1. The number of nitrogens with zero attached hydrogens (tertiary/aromatic N) is 3. The molecule has 4 aliphatic rings. The number of carbonyl (C=O) groups is 1. The molecule has 11 nitrogen and oxygen atoms in total. The van der Waals surface area contributed by atoms with E-state index in [1.807, 2.05) is 6.07 Å². The predicted molar refractivity (Wildman–Crippen MR) is 188 cm³/mol. The fourth-order valence-electron chi connectivity index (χ4n) is 8.91. The number of nitrogens with one attached hydrogen (secondary N) is 1. The number of aryl methyl sites for hydroxylation is 1. The average molecular weight is 751 g/mol. The Bertz CT molecular complexity index is 1890. The largest absolute Gasteiger partial charge is 0.494 e. The Hall–Kier alpha value is -4.29. The van der Waals surface area contributed by atoms with Gasteiger partial charge in [0.25, 0.3) is 5.91 Å². The molecule has 4 N–H and O–H groups in total. The molecule has 3 fully saturated rings. The quantitative estimate of drug-likeness (QED) is 0.190. The summed E-state index contributed by atoms with van der Waals surface area (Å²) in [5.41, 5.74) is 1.91. The third kappa shape index (κ3) is 7.77. The average Bonchev–Trinajstić information content (AvgIpc) is 3.47. The summed E-state index contributed by atoms with van der Waals surface area (Å²) in [5, 5.41) is 42.4. The first-order valence-corrected chi connectivity index (χ1v) is 18.6. The van der Waals surface area contributed by atoms with E-state index in [4.69, 9.17) is 14.2 Å². The molecule has 3 aliphatic carbocycles. The smallest absolute Gasteiger partial charge is 0.433 e. The summed E-state index contributed by atoms with van der Waals surface area (Å²) in [6.07, 6.45) is -4.23. The van der Waals surface area contributed by atoms with E-state index in [-0.39, 0.29) is 22.9 Å². The molecular weight excluding hydrogens is 705 g/mol. The van der Waals surface area contributed by atoms with E-state index in [0.717, 1.165) is 56.4 Å². The highest BCUT2D eigenvalue weighted by atomic mass is 19.4. The standard InChI is InChI=1S/C40H45F3N4O7/c1-22-35(49)36(50)37(54-34-6-3-5-32(45-34)40(41,42)43)31(53-22)15-9-24-8-14-30(47-46-24)38(51)44-19-4-20-52-25-10-12-26-23(21-25)7-11-28-27(26)17-18-39(2)29(28)13-16-33(39)48/h3,5-6,8,10,12,14,21-22,27-29,31,33,35-37,48-50H,4,7,11,13,16-20H2,1-2H3,(H,44,51)/t22-,27-,28-,29+,31-,33+,35+,36+,37+,39+/m1/s1. The minimum atomic E-state index is -4.71. The number of halogens is 3. The minimum absolute atomic E-state index is 0.0635. The second-order valence-electron chi connectivity index (χ2n) is 15.1. The van der Waals surface area contributed by atoms with E-state index < -0.39 is 54.2 Å². The molecule has 1 amide bonds. The van der Waals surface area contributed by atoms with Crippen LogP contribution in [0.3, 0.4) is 0 Å². The number of hydrogen-bond donors (Lipinski definition) is 4. The molecule has 2 aromatic heterocycles. The van der Waals surface area contributed by atoms with Gasteiger partial charge in [-0.2, -0.15) is 13.2 Å². The van der Waals surface area contributed by atoms with E-state index in [2.05, 4.69) is 51.4 Å². The number of aromatic nitrogens is 3. The topological polar surface area (TPSA) is 156 Å². The van der Waals surface area contributed by atoms with Crippen LogP contribution >= 0.6 is 0 Å². The SMILES string of the molecule is C[C@H]1O[C@H](C#Cc2ccc(C(=O)NCCCOc3ccc4c(c3)CC[C@@H]3[C@@H]4CC[C@]4(C)[C@@H](O)CC[C@@H]34)nn2)[C@H](Oc2cccc(C(F)(F)F)n2)[C@@H](O)[C@H]1O. The Morgan fingerprint density at radius 3 is 2.67 bits per heavy atom. The van der Waals surface area contributed by atoms with Crippen molar-refractivity contribution in [3.63, 3.8) is 0 Å². The zero-order chi connectivity index (χ0) is 38.2. The van der Waals surface area contributed by atoms with E-state index in [9.17, 15) is 33.3 Å². The Labute approximate surface area is 311 Å². The van der Waals surface area contributed by atoms with Crippen LogP contribution in [0.15, 0.2) is 48.5 Å². The lowest BCUT2D eigenvalue weighted by atomic mass is 9.55. The monoisotopic (exact) mass is 750 g/mol. The van der Waals surface area contributed by atoms with Crippen molar-refractivity contribution < 1.29 is 47.5 Å². The van der Waals surface area contributed by atoms with Gasteiger partial charge in [0.05, 0.1) is 18.8 Å². The number of aliphatic hydroxyl groups excluding tert-OH is 3. The first-order chi connectivity index (χ1) is 25.8. The Morgan fingerprint density at radius 1 is 1.06 bits per heavy atom. The molecular formula is C40H45F3N4O7. The number of fused-ring (bicyclic) bond motifs is 5. The fraction of sp³-hybridized carbons (Fsp3) is 0.550. The second kappa shape index (κ2) is 15.5. The van der Waals surface area contributed by atoms with Crippen LogP contribution in [0, 0.1) is 29.1 Å². The van der Waals surface area contributed by atoms with Crippen LogP contribution in [0.25, 0.3) is 0 Å². The molecule has 2 saturated carbocycles. The first-order valence-electron chi connectivity index (χ1n) is 18.6. The van der Waals surface area contributed by atoms with Crippen LogP contribution in [0.2, 0.25) is 0 Å². The van der Waals surface area contributed by atoms with Gasteiger partial charge in [0, 0.05) is 12.6 Å². The Morgan fingerprint density at radius 2 is 1.89 bits per heavy atom. The summed E-state index contributed by atoms with van der Waals surface area (Å²) < 4.78 is 56.8. The van der Waals surface area contributed by atoms with Crippen molar-refractivity contribution in [2.24, 2.45) is 17.3 Å². The molecule has 14 heteroatoms. The number of carbonyl (C=O) groups excluding carboxylic acids is 1. The lowest BCUT2D eigenvalue weighted by Gasteiger charge is -2.50. The first kappa shape index (κ1) is 38.0. The maximum atomic E-state index is 13.2. The summed E-state index contributed by atoms with van der Waals surface area (Å²) in [4.78, 5) is 16.2. The summed E-state index contributed by atoms with van der Waals surface area (Å²) >= 11 is 0. The van der Waals surface area contributed by atoms with Crippen molar-refractivity contribution >= 4 is 5.91 Å². The zero-order valence-corrected chi connectivity index (χ0v) is 30.1. The van der Waals surface area contributed by atoms with Gasteiger partial charge >= 0.3 is 6.18 Å². The molecule has 0 bridgehead atoms. The van der Waals surface area contributed by atoms with Gasteiger partial charge in [-0.15, -0.1) is 10.2 Å². The molecule has 3 heterocycles. The van der Waals surface area contributed by atoms with Crippen molar-refractivity contribution in [1.29, 1.82) is 0 Å². The zero-order valence-electron chi connectivity index (χ0n) is 30.1. The maximum Gasteiger partial charge on any atom is 0.433 e. The third-order valence-corrected chi connectivity index (χ3v) is 11.9. The predicted octanol–water partition coefficient (Wildman–Crippen LogP) is 4.61. The number of ether oxygens (including phenoxy) is 3. The van der Waals surface area contributed by atoms with Crippen molar-refractivity contribution in [3.05, 3.63) is 76.7 Å². The van der Waals surface area contributed by atoms with Gasteiger partial charge in [-0.3, -0.25) is 4.79 Å². The van der Waals surface area contributed by atoms with Gasteiger partial charge in [0.15, 0.2) is 17.9 Å². The Balaban J connectivity index is 0.890. The lowest BCUT2D eigenvalue weighted by molar-refractivity contribution is -0.195. The number of aliphatic hydroxyl groups is 3. The van der Waals surface area contributed by atoms with Crippen molar-refractivity contribution in [2.75, 3.05) is 13.2 Å². The molecule has 1 saturated heterocycles. The minimum Gasteiger partial charge on any atom is -0.494 e. The Kier molecular flexibility index (Phi) is 10.9. The van der Waals surface area contributed by atoms with E-state index in [1.165, 1.54) is 36.2 Å². The van der Waals surface area contributed by atoms with Crippen LogP contribution in [-0.4, -0.2) is 86.2 Å². The van der Waals surface area contributed by atoms with Crippen LogP contribution in [0.4, 0.5) is 13.2 Å².